The van der Waals surface area contributed by atoms with Crippen molar-refractivity contribution < 1.29 is 63.0 Å². The van der Waals surface area contributed by atoms with E-state index in [0.717, 1.165) is 32.0 Å². The van der Waals surface area contributed by atoms with Gasteiger partial charge in [0.15, 0.2) is 0 Å². The van der Waals surface area contributed by atoms with E-state index >= 15 is 0 Å². The average Bonchev–Trinajstić information content (AvgIpc) is 4.16. The number of halogens is 2. The highest BCUT2D eigenvalue weighted by molar-refractivity contribution is 8.13. The lowest BCUT2D eigenvalue weighted by atomic mass is 10.1. The van der Waals surface area contributed by atoms with Gasteiger partial charge < -0.3 is 44.1 Å². The number of esters is 4. The van der Waals surface area contributed by atoms with E-state index in [-0.39, 0.29) is 69.9 Å². The molecule has 0 amide bonds. The smallest absolute Gasteiger partial charge is 0.312 e. The molecule has 1 aromatic carbocycles. The first kappa shape index (κ1) is 53.4. The molecule has 57 heavy (non-hydrogen) atoms. The molecule has 0 spiro atoms. The maximum atomic E-state index is 11.1. The zero-order chi connectivity index (χ0) is 44.3. The molecule has 322 valence electrons. The normalized spacial score (nSPS) is 29.2. The third kappa shape index (κ3) is 15.9. The molecule has 0 unspecified atom stereocenters. The number of oxime groups is 1. The third-order valence-electron chi connectivity index (χ3n) is 11.0. The summed E-state index contributed by atoms with van der Waals surface area (Å²) in [6.45, 7) is 14.7. The fourth-order valence-electron chi connectivity index (χ4n) is 6.28. The van der Waals surface area contributed by atoms with E-state index in [4.69, 9.17) is 44.6 Å². The number of nitrogens with zero attached hydrogens (tertiary/aromatic N) is 2. The van der Waals surface area contributed by atoms with Crippen LogP contribution >= 0.6 is 28.3 Å². The summed E-state index contributed by atoms with van der Waals surface area (Å²) >= 11 is 10.8. The molecule has 0 aliphatic heterocycles. The first-order valence-corrected chi connectivity index (χ1v) is 21.4. The van der Waals surface area contributed by atoms with Gasteiger partial charge in [-0.05, 0) is 119 Å². The number of aldehydes is 1. The lowest BCUT2D eigenvalue weighted by Crippen LogP contribution is -2.16. The quantitative estimate of drug-likeness (QED) is 0.0284. The van der Waals surface area contributed by atoms with Gasteiger partial charge in [0.2, 0.25) is 6.54 Å². The van der Waals surface area contributed by atoms with Crippen molar-refractivity contribution in [1.29, 1.82) is 0 Å². The molecule has 16 nitrogen and oxygen atoms in total. The van der Waals surface area contributed by atoms with E-state index < -0.39 is 5.85 Å². The molecule has 4 fully saturated rings. The van der Waals surface area contributed by atoms with Crippen molar-refractivity contribution in [3.05, 3.63) is 41.7 Å². The number of benzene rings is 1. The highest BCUT2D eigenvalue weighted by Gasteiger charge is 2.59. The molecular weight excluding hydrogens is 808 g/mol. The van der Waals surface area contributed by atoms with Crippen molar-refractivity contribution >= 4 is 70.0 Å². The van der Waals surface area contributed by atoms with Crippen LogP contribution in [-0.2, 0) is 47.5 Å². The van der Waals surface area contributed by atoms with Crippen molar-refractivity contribution in [1.82, 2.24) is 0 Å². The van der Waals surface area contributed by atoms with Gasteiger partial charge in [0.1, 0.15) is 6.29 Å². The van der Waals surface area contributed by atoms with E-state index in [9.17, 15) is 28.5 Å². The zero-order valence-electron chi connectivity index (χ0n) is 33.8. The molecule has 4 saturated carbocycles. The molecule has 0 saturated heterocycles. The van der Waals surface area contributed by atoms with Gasteiger partial charge >= 0.3 is 23.9 Å². The van der Waals surface area contributed by atoms with Crippen LogP contribution in [-0.4, -0.2) is 93.5 Å². The summed E-state index contributed by atoms with van der Waals surface area (Å²) < 4.78 is 29.4. The van der Waals surface area contributed by atoms with Crippen molar-refractivity contribution in [3.8, 4) is 0 Å². The van der Waals surface area contributed by atoms with Gasteiger partial charge in [0.05, 0.1) is 50.1 Å². The minimum atomic E-state index is -3.07. The molecule has 0 bridgehead atoms. The Bertz CT molecular complexity index is 1590. The standard InChI is InChI=1S/C8H13NO3.C8H11NO2.C8H14O3.C8H12O3.C6H5Cl2OP.H3NO/c1-8(7(10)12-2)5-6(8)3-4-9-11;1-8(7(10)11-3)4-6(8)5-9-2;2*1-8(7(10)11-2)5-6(8)3-4-9;7-10(8,9)6-4-2-1-3-5-6;1-2/h4,6,11H,3,5H2,1-2H3;6H,4-5H2,1,3H3;6,9H,3-5H2,1-2H3;4,6H,3,5H2,1-2H3;1-5H;2H,1H2/b9-4+;;;;;/t6-,8+;6-,8-;2*6-,8+;;/m1011../s1. The van der Waals surface area contributed by atoms with Crippen molar-refractivity contribution in [2.45, 2.75) is 72.6 Å². The molecule has 5 N–H and O–H groups in total. The third-order valence-corrected chi connectivity index (χ3v) is 13.0. The van der Waals surface area contributed by atoms with Gasteiger partial charge in [-0.15, -0.1) is 5.16 Å². The van der Waals surface area contributed by atoms with Crippen LogP contribution in [0.3, 0.4) is 0 Å². The molecule has 4 aliphatic carbocycles. The number of carbonyl (C=O) groups is 5. The number of rotatable bonds is 12. The fraction of sp³-hybridized carbons (Fsp3) is 0.658. The largest absolute Gasteiger partial charge is 0.469 e. The van der Waals surface area contributed by atoms with Crippen LogP contribution in [0.4, 0.5) is 0 Å². The summed E-state index contributed by atoms with van der Waals surface area (Å²) in [5.41, 5.74) is -1.34. The van der Waals surface area contributed by atoms with Crippen LogP contribution in [0, 0.1) is 51.9 Å². The van der Waals surface area contributed by atoms with Crippen molar-refractivity contribution in [2.75, 3.05) is 41.6 Å². The Morgan fingerprint density at radius 1 is 0.789 bits per heavy atom. The summed E-state index contributed by atoms with van der Waals surface area (Å²) in [5, 5.41) is 26.6. The van der Waals surface area contributed by atoms with Gasteiger partial charge in [0, 0.05) is 30.5 Å². The van der Waals surface area contributed by atoms with Crippen LogP contribution in [0.25, 0.3) is 4.85 Å². The van der Waals surface area contributed by atoms with Gasteiger partial charge in [0.25, 0.3) is 5.85 Å². The molecular formula is C38H58Cl2N3O13P. The minimum absolute atomic E-state index is 0.143. The first-order valence-electron chi connectivity index (χ1n) is 17.9. The summed E-state index contributed by atoms with van der Waals surface area (Å²) in [6.07, 6.45) is 7.39. The number of aliphatic hydroxyl groups is 1. The van der Waals surface area contributed by atoms with Gasteiger partial charge in [-0.25, -0.2) is 12.5 Å². The monoisotopic (exact) mass is 865 g/mol. The Hall–Kier alpha value is -3.58. The second-order valence-electron chi connectivity index (χ2n) is 14.8. The van der Waals surface area contributed by atoms with E-state index in [1.165, 1.54) is 34.7 Å². The summed E-state index contributed by atoms with van der Waals surface area (Å²) in [7, 11) is 5.57. The molecule has 4 aliphatic rings. The lowest BCUT2D eigenvalue weighted by molar-refractivity contribution is -0.147. The number of methoxy groups -OCH3 is 4. The summed E-state index contributed by atoms with van der Waals surface area (Å²) in [5.74, 6) is 0.807. The second kappa shape index (κ2) is 24.4. The molecule has 0 heterocycles. The van der Waals surface area contributed by atoms with Crippen LogP contribution in [0.15, 0.2) is 35.5 Å². The number of hydrogen-bond acceptors (Lipinski definition) is 15. The Morgan fingerprint density at radius 3 is 1.49 bits per heavy atom. The average molecular weight is 867 g/mol. The van der Waals surface area contributed by atoms with Gasteiger partial charge in [-0.1, -0.05) is 18.2 Å². The molecule has 5 rings (SSSR count). The summed E-state index contributed by atoms with van der Waals surface area (Å²) in [6, 6.07) is 8.58. The highest BCUT2D eigenvalue weighted by Crippen LogP contribution is 2.57. The van der Waals surface area contributed by atoms with E-state index in [0.29, 0.717) is 37.0 Å². The lowest BCUT2D eigenvalue weighted by Gasteiger charge is -2.06. The van der Waals surface area contributed by atoms with E-state index in [1.807, 2.05) is 33.8 Å². The van der Waals surface area contributed by atoms with E-state index in [1.54, 1.807) is 24.3 Å². The van der Waals surface area contributed by atoms with Crippen LogP contribution in [0.5, 0.6) is 0 Å². The maximum absolute atomic E-state index is 11.1. The molecule has 1 aromatic rings. The van der Waals surface area contributed by atoms with E-state index in [2.05, 4.69) is 34.8 Å². The Labute approximate surface area is 344 Å². The predicted molar refractivity (Wildman–Crippen MR) is 213 cm³/mol. The number of hydrogen-bond donors (Lipinski definition) is 4. The van der Waals surface area contributed by atoms with Crippen molar-refractivity contribution in [3.63, 3.8) is 0 Å². The van der Waals surface area contributed by atoms with Crippen LogP contribution < -0.4 is 11.2 Å². The number of ether oxygens (including phenoxy) is 4. The highest BCUT2D eigenvalue weighted by atomic mass is 35.9. The number of nitrogens with two attached hydrogens (primary N) is 1. The number of aliphatic hydroxyl groups excluding tert-OH is 1. The predicted octanol–water partition coefficient (Wildman–Crippen LogP) is 5.80. The zero-order valence-corrected chi connectivity index (χ0v) is 36.2. The molecule has 19 heteroatoms. The topological polar surface area (TPSA) is 243 Å². The van der Waals surface area contributed by atoms with Crippen LogP contribution in [0.1, 0.15) is 72.6 Å². The SMILES string of the molecule is COC(=O)[C@@]1(C)C[C@H]1C/C=N/O.COC(=O)[C@@]1(C)C[C@H]1CC=O.COC(=O)[C@@]1(C)C[C@H]1CCO.NO.O=P(Cl)(Cl)c1ccccc1.[C-]#[N+]C[C@@H]1C[C@]1(C)C(=O)OC. The van der Waals surface area contributed by atoms with Crippen LogP contribution in [0.2, 0.25) is 0 Å². The number of carbonyl (C=O) groups excluding carboxylic acids is 5. The molecule has 0 aromatic heterocycles. The van der Waals surface area contributed by atoms with Gasteiger partial charge in [-0.2, -0.15) is 0 Å². The Morgan fingerprint density at radius 2 is 1.16 bits per heavy atom. The maximum Gasteiger partial charge on any atom is 0.312 e. The van der Waals surface area contributed by atoms with Gasteiger partial charge in [-0.3, -0.25) is 23.7 Å². The molecule has 8 atom stereocenters. The molecule has 0 radical (unpaired) electrons. The summed E-state index contributed by atoms with van der Waals surface area (Å²) in [4.78, 5) is 57.7. The fourth-order valence-corrected chi connectivity index (χ4v) is 7.47. The Balaban J connectivity index is 0.000000680. The van der Waals surface area contributed by atoms with Crippen molar-refractivity contribution in [2.24, 2.45) is 56.4 Å². The Kier molecular flexibility index (Phi) is 22.8. The minimum Gasteiger partial charge on any atom is -0.469 e. The first-order chi connectivity index (χ1) is 26.7. The second-order valence-corrected chi connectivity index (χ2v) is 19.6.